The summed E-state index contributed by atoms with van der Waals surface area (Å²) in [5.41, 5.74) is 8.28. The van der Waals surface area contributed by atoms with Crippen molar-refractivity contribution in [3.05, 3.63) is 35.0 Å². The molecule has 2 N–H and O–H groups in total. The highest BCUT2D eigenvalue weighted by Gasteiger charge is 2.29. The summed E-state index contributed by atoms with van der Waals surface area (Å²) in [5.74, 6) is 0.629. The fourth-order valence-corrected chi connectivity index (χ4v) is 3.75. The molecule has 0 radical (unpaired) electrons. The third kappa shape index (κ3) is 1.84. The van der Waals surface area contributed by atoms with Crippen LogP contribution in [0.5, 0.6) is 0 Å². The fourth-order valence-electron chi connectivity index (χ4n) is 2.10. The number of fused-ring (bicyclic) bond motifs is 3. The lowest BCUT2D eigenvalue weighted by Crippen LogP contribution is -2.10. The number of aryl methyl sites for hydroxylation is 1. The van der Waals surface area contributed by atoms with Crippen LogP contribution >= 0.6 is 11.6 Å². The molecule has 0 aliphatic carbocycles. The van der Waals surface area contributed by atoms with E-state index in [4.69, 9.17) is 17.3 Å². The number of rotatable bonds is 0. The number of hydrogen-bond acceptors (Lipinski definition) is 4. The Bertz CT molecular complexity index is 620. The zero-order valence-corrected chi connectivity index (χ0v) is 11.0. The first-order valence-corrected chi connectivity index (χ1v) is 7.16. The van der Waals surface area contributed by atoms with E-state index in [-0.39, 0.29) is 11.1 Å². The molecule has 1 aromatic heterocycles. The zero-order valence-electron chi connectivity index (χ0n) is 9.39. The van der Waals surface area contributed by atoms with Gasteiger partial charge in [-0.15, -0.1) is 0 Å². The van der Waals surface area contributed by atoms with Gasteiger partial charge in [-0.3, -0.25) is 0 Å². The molecule has 0 bridgehead atoms. The van der Waals surface area contributed by atoms with Crippen molar-refractivity contribution >= 4 is 28.7 Å². The highest BCUT2D eigenvalue weighted by atomic mass is 35.5. The van der Waals surface area contributed by atoms with E-state index in [0.717, 1.165) is 17.5 Å². The van der Waals surface area contributed by atoms with Crippen LogP contribution in [0.3, 0.4) is 0 Å². The second-order valence-corrected chi connectivity index (χ2v) is 5.87. The summed E-state index contributed by atoms with van der Waals surface area (Å²) in [5, 5.41) is 0.188. The van der Waals surface area contributed by atoms with Gasteiger partial charge in [0.1, 0.15) is 11.4 Å². The maximum atomic E-state index is 12.2. The van der Waals surface area contributed by atoms with Crippen molar-refractivity contribution in [1.82, 2.24) is 9.97 Å². The first-order chi connectivity index (χ1) is 8.66. The van der Waals surface area contributed by atoms with Gasteiger partial charge in [0.25, 0.3) is 0 Å². The quantitative estimate of drug-likeness (QED) is 0.591. The second kappa shape index (κ2) is 4.42. The molecule has 0 amide bonds. The Kier molecular flexibility index (Phi) is 2.89. The molecular weight excluding hydrogens is 270 g/mol. The van der Waals surface area contributed by atoms with Gasteiger partial charge in [-0.25, -0.2) is 4.98 Å². The summed E-state index contributed by atoms with van der Waals surface area (Å²) in [7, 11) is 0. The van der Waals surface area contributed by atoms with Crippen LogP contribution in [0.1, 0.15) is 5.56 Å². The van der Waals surface area contributed by atoms with E-state index in [1.807, 2.05) is 24.3 Å². The maximum Gasteiger partial charge on any atom is 0.222 e. The molecule has 1 aliphatic rings. The summed E-state index contributed by atoms with van der Waals surface area (Å²) in [6.07, 6.45) is 0.732. The fraction of sp³-hybridized carbons (Fsp3) is 0.167. The molecule has 1 aliphatic heterocycles. The third-order valence-electron chi connectivity index (χ3n) is 2.90. The van der Waals surface area contributed by atoms with Crippen molar-refractivity contribution in [2.24, 2.45) is 0 Å². The first kappa shape index (κ1) is 11.8. The summed E-state index contributed by atoms with van der Waals surface area (Å²) >= 11 is 4.87. The molecule has 0 spiro atoms. The van der Waals surface area contributed by atoms with Crippen LogP contribution in [-0.2, 0) is 17.6 Å². The maximum absolute atomic E-state index is 12.2. The van der Waals surface area contributed by atoms with Gasteiger partial charge < -0.3 is 10.3 Å². The lowest BCUT2D eigenvalue weighted by molar-refractivity contribution is 0.594. The number of nitrogens with two attached hydrogens (primary N) is 1. The second-order valence-electron chi connectivity index (χ2n) is 4.01. The summed E-state index contributed by atoms with van der Waals surface area (Å²) < 4.78 is 12.2. The average Bonchev–Trinajstić information content (AvgIpc) is 2.48. The van der Waals surface area contributed by atoms with E-state index in [0.29, 0.717) is 16.3 Å². The van der Waals surface area contributed by atoms with Crippen LogP contribution in [-0.4, -0.2) is 20.3 Å². The van der Waals surface area contributed by atoms with Crippen LogP contribution in [0.25, 0.3) is 11.3 Å². The van der Waals surface area contributed by atoms with Gasteiger partial charge in [-0.05, 0) is 16.7 Å². The number of nitrogens with zero attached hydrogens (tertiary/aromatic N) is 2. The molecule has 4 nitrogen and oxygen atoms in total. The molecular formula is C12H10ClN3OS. The smallest absolute Gasteiger partial charge is 0.222 e. The molecule has 92 valence electrons. The molecule has 0 saturated heterocycles. The summed E-state index contributed by atoms with van der Waals surface area (Å²) in [6, 6.07) is 7.83. The molecule has 1 atom stereocenters. The van der Waals surface area contributed by atoms with E-state index in [9.17, 15) is 4.55 Å². The van der Waals surface area contributed by atoms with E-state index < -0.39 is 11.2 Å². The monoisotopic (exact) mass is 279 g/mol. The number of hydrogen-bond donors (Lipinski definition) is 1. The van der Waals surface area contributed by atoms with Gasteiger partial charge in [0.15, 0.2) is 5.15 Å². The molecule has 2 heterocycles. The molecule has 2 aromatic rings. The molecule has 0 saturated carbocycles. The van der Waals surface area contributed by atoms with E-state index >= 15 is 0 Å². The van der Waals surface area contributed by atoms with Gasteiger partial charge in [0.2, 0.25) is 10.8 Å². The van der Waals surface area contributed by atoms with Crippen LogP contribution in [0, 0.1) is 0 Å². The largest absolute Gasteiger partial charge is 0.611 e. The van der Waals surface area contributed by atoms with E-state index in [2.05, 4.69) is 9.97 Å². The predicted octanol–water partition coefficient (Wildman–Crippen LogP) is 2.04. The Balaban J connectivity index is 2.34. The van der Waals surface area contributed by atoms with E-state index in [1.165, 1.54) is 0 Å². The van der Waals surface area contributed by atoms with Gasteiger partial charge >= 0.3 is 0 Å². The Labute approximate surface area is 112 Å². The minimum absolute atomic E-state index is 0.104. The average molecular weight is 280 g/mol. The first-order valence-electron chi connectivity index (χ1n) is 5.46. The Morgan fingerprint density at radius 2 is 2.06 bits per heavy atom. The zero-order chi connectivity index (χ0) is 12.7. The molecule has 0 fully saturated rings. The normalized spacial score (nSPS) is 17.8. The topological polar surface area (TPSA) is 74.9 Å². The Morgan fingerprint density at radius 3 is 2.89 bits per heavy atom. The van der Waals surface area contributed by atoms with Crippen molar-refractivity contribution in [2.45, 2.75) is 11.3 Å². The predicted molar refractivity (Wildman–Crippen MR) is 71.9 cm³/mol. The lowest BCUT2D eigenvalue weighted by Gasteiger charge is -2.11. The lowest BCUT2D eigenvalue weighted by atomic mass is 10.0. The van der Waals surface area contributed by atoms with Crippen LogP contribution in [0.2, 0.25) is 5.15 Å². The minimum Gasteiger partial charge on any atom is -0.611 e. The van der Waals surface area contributed by atoms with Gasteiger partial charge in [0.05, 0.1) is 0 Å². The molecule has 1 aromatic carbocycles. The SMILES string of the molecule is Nc1nc(Cl)c2c(n1)-c1ccccc1CC[S+]2[O-]. The Hall–Kier alpha value is -1.30. The molecule has 3 rings (SSSR count). The van der Waals surface area contributed by atoms with E-state index in [1.54, 1.807) is 0 Å². The summed E-state index contributed by atoms with van der Waals surface area (Å²) in [4.78, 5) is 8.60. The number of anilines is 1. The Morgan fingerprint density at radius 1 is 1.28 bits per heavy atom. The van der Waals surface area contributed by atoms with Crippen LogP contribution in [0.15, 0.2) is 29.2 Å². The van der Waals surface area contributed by atoms with Crippen molar-refractivity contribution in [3.63, 3.8) is 0 Å². The number of nitrogen functional groups attached to an aromatic ring is 1. The molecule has 1 unspecified atom stereocenters. The third-order valence-corrected chi connectivity index (χ3v) is 4.70. The highest BCUT2D eigenvalue weighted by molar-refractivity contribution is 7.91. The summed E-state index contributed by atoms with van der Waals surface area (Å²) in [6.45, 7) is 0. The van der Waals surface area contributed by atoms with Gasteiger partial charge in [-0.1, -0.05) is 35.9 Å². The number of halogens is 1. The number of benzene rings is 1. The van der Waals surface area contributed by atoms with Crippen molar-refractivity contribution in [2.75, 3.05) is 11.5 Å². The highest BCUT2D eigenvalue weighted by Crippen LogP contribution is 2.36. The minimum atomic E-state index is -1.19. The molecule has 18 heavy (non-hydrogen) atoms. The standard InChI is InChI=1S/C12H10ClN3OS/c13-11-10-9(15-12(14)16-11)8-4-2-1-3-7(8)5-6-18(10)17/h1-4H,5-6H2,(H2,14,15,16). The molecule has 6 heteroatoms. The van der Waals surface area contributed by atoms with Crippen molar-refractivity contribution in [3.8, 4) is 11.3 Å². The van der Waals surface area contributed by atoms with Gasteiger partial charge in [-0.2, -0.15) is 4.98 Å². The van der Waals surface area contributed by atoms with Crippen molar-refractivity contribution in [1.29, 1.82) is 0 Å². The van der Waals surface area contributed by atoms with Gasteiger partial charge in [0, 0.05) is 12.0 Å². The number of aromatic nitrogens is 2. The van der Waals surface area contributed by atoms with Crippen LogP contribution in [0.4, 0.5) is 5.95 Å². The van der Waals surface area contributed by atoms with Crippen molar-refractivity contribution < 1.29 is 4.55 Å². The van der Waals surface area contributed by atoms with Crippen LogP contribution < -0.4 is 5.73 Å².